The number of halogens is 6. The number of hydrogen-bond acceptors (Lipinski definition) is 4. The third-order valence-corrected chi connectivity index (χ3v) is 3.93. The van der Waals surface area contributed by atoms with Crippen molar-refractivity contribution in [1.29, 1.82) is 0 Å². The van der Waals surface area contributed by atoms with E-state index in [9.17, 15) is 35.9 Å². The van der Waals surface area contributed by atoms with Crippen LogP contribution in [0.5, 0.6) is 5.75 Å². The first-order valence-corrected chi connectivity index (χ1v) is 8.85. The van der Waals surface area contributed by atoms with Gasteiger partial charge in [0.1, 0.15) is 17.9 Å². The number of ether oxygens (including phenoxy) is 1. The van der Waals surface area contributed by atoms with Crippen molar-refractivity contribution in [3.63, 3.8) is 0 Å². The smallest absolute Gasteiger partial charge is 0.422 e. The number of para-hydroxylation sites is 2. The van der Waals surface area contributed by atoms with Crippen molar-refractivity contribution >= 4 is 11.7 Å². The second kappa shape index (κ2) is 8.77. The minimum Gasteiger partial charge on any atom is -0.482 e. The number of aromatic nitrogens is 3. The molecule has 0 spiro atoms. The molecular weight excluding hydrogens is 446 g/mol. The molecule has 0 saturated heterocycles. The van der Waals surface area contributed by atoms with Gasteiger partial charge in [-0.15, -0.1) is 0 Å². The standard InChI is InChI=1S/C19H14F6N4O3/c20-18(21,22)10-28-9-7-15(27-28)26-16(30)12-4-3-8-29(17(12)31)13-5-1-2-6-14(13)32-11-19(23,24)25/h1-9H,10-11H2,(H,26,27,30). The molecule has 3 aromatic rings. The Morgan fingerprint density at radius 2 is 1.69 bits per heavy atom. The number of hydrogen-bond donors (Lipinski definition) is 1. The van der Waals surface area contributed by atoms with Crippen LogP contribution in [0, 0.1) is 0 Å². The Morgan fingerprint density at radius 1 is 0.969 bits per heavy atom. The van der Waals surface area contributed by atoms with E-state index in [1.54, 1.807) is 0 Å². The molecular formula is C19H14F6N4O3. The fourth-order valence-corrected chi connectivity index (χ4v) is 2.68. The number of carbonyl (C=O) groups excluding carboxylic acids is 1. The van der Waals surface area contributed by atoms with Crippen molar-refractivity contribution in [1.82, 2.24) is 14.3 Å². The highest BCUT2D eigenvalue weighted by atomic mass is 19.4. The molecule has 0 saturated carbocycles. The molecule has 0 bridgehead atoms. The predicted molar refractivity (Wildman–Crippen MR) is 99.8 cm³/mol. The maximum Gasteiger partial charge on any atom is 0.422 e. The minimum absolute atomic E-state index is 0.0362. The molecule has 3 rings (SSSR count). The highest BCUT2D eigenvalue weighted by Gasteiger charge is 2.29. The number of benzene rings is 1. The summed E-state index contributed by atoms with van der Waals surface area (Å²) >= 11 is 0. The maximum absolute atomic E-state index is 12.8. The van der Waals surface area contributed by atoms with E-state index in [1.165, 1.54) is 36.5 Å². The molecule has 0 fully saturated rings. The van der Waals surface area contributed by atoms with Gasteiger partial charge in [-0.1, -0.05) is 12.1 Å². The molecule has 2 heterocycles. The zero-order valence-electron chi connectivity index (χ0n) is 15.9. The summed E-state index contributed by atoms with van der Waals surface area (Å²) in [7, 11) is 0. The fraction of sp³-hybridized carbons (Fsp3) is 0.211. The van der Waals surface area contributed by atoms with Gasteiger partial charge in [-0.25, -0.2) is 0 Å². The minimum atomic E-state index is -4.60. The van der Waals surface area contributed by atoms with E-state index in [-0.39, 0.29) is 17.3 Å². The number of pyridine rings is 1. The van der Waals surface area contributed by atoms with E-state index < -0.39 is 42.5 Å². The van der Waals surface area contributed by atoms with Gasteiger partial charge in [0.05, 0.1) is 5.69 Å². The molecule has 1 aromatic carbocycles. The van der Waals surface area contributed by atoms with Gasteiger partial charge < -0.3 is 10.1 Å². The van der Waals surface area contributed by atoms with E-state index in [4.69, 9.17) is 4.74 Å². The Kier molecular flexibility index (Phi) is 6.27. The summed E-state index contributed by atoms with van der Waals surface area (Å²) in [5.74, 6) is -1.42. The molecule has 1 amide bonds. The number of carbonyl (C=O) groups is 1. The maximum atomic E-state index is 12.8. The molecule has 0 aliphatic heterocycles. The van der Waals surface area contributed by atoms with Crippen molar-refractivity contribution in [2.24, 2.45) is 0 Å². The van der Waals surface area contributed by atoms with Crippen LogP contribution >= 0.6 is 0 Å². The topological polar surface area (TPSA) is 78.2 Å². The van der Waals surface area contributed by atoms with Crippen LogP contribution in [-0.2, 0) is 6.54 Å². The van der Waals surface area contributed by atoms with Crippen LogP contribution in [0.3, 0.4) is 0 Å². The first kappa shape index (κ1) is 22.9. The number of alkyl halides is 6. The first-order chi connectivity index (χ1) is 14.9. The number of amides is 1. The van der Waals surface area contributed by atoms with E-state index in [0.29, 0.717) is 4.68 Å². The average Bonchev–Trinajstić information content (AvgIpc) is 3.11. The molecule has 0 aliphatic carbocycles. The molecule has 0 unspecified atom stereocenters. The fourth-order valence-electron chi connectivity index (χ4n) is 2.68. The number of rotatable bonds is 6. The molecule has 0 atom stereocenters. The van der Waals surface area contributed by atoms with Crippen LogP contribution in [0.2, 0.25) is 0 Å². The van der Waals surface area contributed by atoms with Crippen LogP contribution in [-0.4, -0.2) is 39.2 Å². The quantitative estimate of drug-likeness (QED) is 0.568. The second-order valence-corrected chi connectivity index (χ2v) is 6.44. The largest absolute Gasteiger partial charge is 0.482 e. The molecule has 7 nitrogen and oxygen atoms in total. The van der Waals surface area contributed by atoms with Gasteiger partial charge in [0.2, 0.25) is 0 Å². The lowest BCUT2D eigenvalue weighted by Crippen LogP contribution is -2.28. The Labute approximate surface area is 175 Å². The molecule has 32 heavy (non-hydrogen) atoms. The number of anilines is 1. The van der Waals surface area contributed by atoms with Gasteiger partial charge in [-0.05, 0) is 24.3 Å². The normalized spacial score (nSPS) is 11.9. The lowest BCUT2D eigenvalue weighted by Gasteiger charge is -2.15. The van der Waals surface area contributed by atoms with E-state index in [0.717, 1.165) is 22.9 Å². The number of nitrogens with one attached hydrogen (secondary N) is 1. The Hall–Kier alpha value is -3.77. The Balaban J connectivity index is 1.85. The summed E-state index contributed by atoms with van der Waals surface area (Å²) in [4.78, 5) is 25.3. The lowest BCUT2D eigenvalue weighted by atomic mass is 10.2. The van der Waals surface area contributed by atoms with Crippen molar-refractivity contribution in [3.8, 4) is 11.4 Å². The summed E-state index contributed by atoms with van der Waals surface area (Å²) in [6.45, 7) is -2.95. The highest BCUT2D eigenvalue weighted by Crippen LogP contribution is 2.24. The van der Waals surface area contributed by atoms with Crippen molar-refractivity contribution in [2.75, 3.05) is 11.9 Å². The highest BCUT2D eigenvalue weighted by molar-refractivity contribution is 6.03. The summed E-state index contributed by atoms with van der Waals surface area (Å²) in [5, 5.41) is 5.77. The third kappa shape index (κ3) is 5.89. The monoisotopic (exact) mass is 460 g/mol. The Morgan fingerprint density at radius 3 is 2.38 bits per heavy atom. The van der Waals surface area contributed by atoms with Crippen molar-refractivity contribution in [2.45, 2.75) is 18.9 Å². The second-order valence-electron chi connectivity index (χ2n) is 6.44. The number of nitrogens with zero attached hydrogens (tertiary/aromatic N) is 3. The summed E-state index contributed by atoms with van der Waals surface area (Å²) in [5.41, 5.74) is -1.34. The average molecular weight is 460 g/mol. The molecule has 0 aliphatic rings. The molecule has 170 valence electrons. The summed E-state index contributed by atoms with van der Waals surface area (Å²) < 4.78 is 81.0. The van der Waals surface area contributed by atoms with Crippen molar-refractivity contribution in [3.05, 3.63) is 70.8 Å². The van der Waals surface area contributed by atoms with Gasteiger partial charge in [0, 0.05) is 18.5 Å². The van der Waals surface area contributed by atoms with Crippen LogP contribution < -0.4 is 15.6 Å². The van der Waals surface area contributed by atoms with Gasteiger partial charge in [-0.3, -0.25) is 18.8 Å². The van der Waals surface area contributed by atoms with Gasteiger partial charge in [0.15, 0.2) is 12.4 Å². The first-order valence-electron chi connectivity index (χ1n) is 8.85. The predicted octanol–water partition coefficient (Wildman–Crippen LogP) is 3.79. The van der Waals surface area contributed by atoms with Gasteiger partial charge >= 0.3 is 12.4 Å². The van der Waals surface area contributed by atoms with Crippen LogP contribution in [0.4, 0.5) is 32.2 Å². The summed E-state index contributed by atoms with van der Waals surface area (Å²) in [6, 6.07) is 9.00. The molecule has 2 aromatic heterocycles. The SMILES string of the molecule is O=C(Nc1ccn(CC(F)(F)F)n1)c1cccn(-c2ccccc2OCC(F)(F)F)c1=O. The molecule has 0 radical (unpaired) electrons. The third-order valence-electron chi connectivity index (χ3n) is 3.93. The Bertz CT molecular complexity index is 1170. The molecule has 13 heteroatoms. The zero-order valence-corrected chi connectivity index (χ0v) is 15.9. The zero-order chi connectivity index (χ0) is 23.5. The van der Waals surface area contributed by atoms with Crippen LogP contribution in [0.15, 0.2) is 59.7 Å². The van der Waals surface area contributed by atoms with Crippen LogP contribution in [0.1, 0.15) is 10.4 Å². The van der Waals surface area contributed by atoms with Gasteiger partial charge in [0.25, 0.3) is 11.5 Å². The van der Waals surface area contributed by atoms with Crippen molar-refractivity contribution < 1.29 is 35.9 Å². The van der Waals surface area contributed by atoms with E-state index in [2.05, 4.69) is 10.4 Å². The van der Waals surface area contributed by atoms with Gasteiger partial charge in [-0.2, -0.15) is 31.4 Å². The van der Waals surface area contributed by atoms with E-state index in [1.807, 2.05) is 0 Å². The van der Waals surface area contributed by atoms with E-state index >= 15 is 0 Å². The molecule has 1 N–H and O–H groups in total. The van der Waals surface area contributed by atoms with Crippen LogP contribution in [0.25, 0.3) is 5.69 Å². The summed E-state index contributed by atoms with van der Waals surface area (Å²) in [6.07, 6.45) is -6.88. The lowest BCUT2D eigenvalue weighted by molar-refractivity contribution is -0.153.